The van der Waals surface area contributed by atoms with Crippen molar-refractivity contribution in [1.82, 2.24) is 0 Å². The van der Waals surface area contributed by atoms with Gasteiger partial charge in [-0.3, -0.25) is 0 Å². The Morgan fingerprint density at radius 2 is 1.80 bits per heavy atom. The third-order valence-corrected chi connectivity index (χ3v) is 2.95. The minimum Gasteiger partial charge on any atom is -0.463 e. The van der Waals surface area contributed by atoms with Crippen LogP contribution in [-0.2, 0) is 9.53 Å². The normalized spacial score (nSPS) is 15.8. The molecule has 0 amide bonds. The molecule has 118 valence electrons. The van der Waals surface area contributed by atoms with Crippen LogP contribution in [0.5, 0.6) is 0 Å². The van der Waals surface area contributed by atoms with Crippen molar-refractivity contribution in [2.24, 2.45) is 0 Å². The Morgan fingerprint density at radius 3 is 2.25 bits per heavy atom. The quantitative estimate of drug-likeness (QED) is 0.421. The number of unbranched alkanes of at least 4 members (excludes halogenated alkanes) is 3. The second-order valence-electron chi connectivity index (χ2n) is 4.89. The Bertz CT molecular complexity index is 333. The molecule has 0 aliphatic rings. The van der Waals surface area contributed by atoms with Gasteiger partial charge in [-0.2, -0.15) is 13.2 Å². The van der Waals surface area contributed by atoms with Gasteiger partial charge < -0.3 is 9.84 Å². The highest BCUT2D eigenvalue weighted by molar-refractivity contribution is 5.83. The van der Waals surface area contributed by atoms with Crippen molar-refractivity contribution < 1.29 is 27.8 Å². The molecule has 3 nitrogen and oxygen atoms in total. The number of halogens is 3. The monoisotopic (exact) mass is 296 g/mol. The lowest BCUT2D eigenvalue weighted by Crippen LogP contribution is -2.36. The van der Waals surface area contributed by atoms with Gasteiger partial charge in [0, 0.05) is 6.08 Å². The van der Waals surface area contributed by atoms with Crippen LogP contribution in [0.25, 0.3) is 0 Å². The number of carbonyl (C=O) groups excluding carboxylic acids is 1. The molecule has 0 spiro atoms. The lowest BCUT2D eigenvalue weighted by molar-refractivity contribution is -0.140. The third kappa shape index (κ3) is 6.93. The minimum absolute atomic E-state index is 0.0148. The lowest BCUT2D eigenvalue weighted by atomic mass is 9.89. The van der Waals surface area contributed by atoms with E-state index >= 15 is 0 Å². The summed E-state index contributed by atoms with van der Waals surface area (Å²) in [7, 11) is 0. The largest absolute Gasteiger partial charge is 0.463 e. The third-order valence-electron chi connectivity index (χ3n) is 2.95. The predicted molar refractivity (Wildman–Crippen MR) is 70.2 cm³/mol. The number of aliphatic hydroxyl groups is 1. The van der Waals surface area contributed by atoms with Crippen molar-refractivity contribution in [3.63, 3.8) is 0 Å². The van der Waals surface area contributed by atoms with E-state index in [1.165, 1.54) is 6.92 Å². The average Bonchev–Trinajstić information content (AvgIpc) is 2.30. The van der Waals surface area contributed by atoms with Gasteiger partial charge in [0.05, 0.1) is 17.8 Å². The first-order valence-corrected chi connectivity index (χ1v) is 6.83. The molecule has 0 heterocycles. The highest BCUT2D eigenvalue weighted by atomic mass is 19.4. The van der Waals surface area contributed by atoms with Crippen LogP contribution in [0.3, 0.4) is 0 Å². The first-order valence-electron chi connectivity index (χ1n) is 6.83. The highest BCUT2D eigenvalue weighted by Gasteiger charge is 2.45. The van der Waals surface area contributed by atoms with Gasteiger partial charge in [-0.1, -0.05) is 32.6 Å². The van der Waals surface area contributed by atoms with E-state index in [0.717, 1.165) is 26.2 Å². The molecule has 1 unspecified atom stereocenters. The smallest absolute Gasteiger partial charge is 0.415 e. The zero-order valence-electron chi connectivity index (χ0n) is 12.2. The predicted octanol–water partition coefficient (Wildman–Crippen LogP) is 3.76. The molecular weight excluding hydrogens is 273 g/mol. The SMILES string of the molecule is CCCCCCC(C)(O)/C(=C\C(=O)OCC)C(F)(F)F. The number of carbonyl (C=O) groups is 1. The van der Waals surface area contributed by atoms with Crippen LogP contribution in [0.4, 0.5) is 13.2 Å². The first kappa shape index (κ1) is 19.0. The van der Waals surface area contributed by atoms with Gasteiger partial charge in [-0.25, -0.2) is 4.79 Å². The van der Waals surface area contributed by atoms with Gasteiger partial charge in [0.15, 0.2) is 0 Å². The van der Waals surface area contributed by atoms with Gasteiger partial charge in [-0.05, 0) is 20.3 Å². The van der Waals surface area contributed by atoms with Crippen molar-refractivity contribution in [2.45, 2.75) is 64.7 Å². The number of alkyl halides is 3. The minimum atomic E-state index is -4.76. The van der Waals surface area contributed by atoms with Crippen LogP contribution in [0.2, 0.25) is 0 Å². The van der Waals surface area contributed by atoms with Crippen molar-refractivity contribution in [3.05, 3.63) is 11.6 Å². The summed E-state index contributed by atoms with van der Waals surface area (Å²) in [5.41, 5.74) is -3.33. The van der Waals surface area contributed by atoms with E-state index in [1.54, 1.807) is 0 Å². The van der Waals surface area contributed by atoms with Crippen molar-refractivity contribution in [1.29, 1.82) is 0 Å². The summed E-state index contributed by atoms with van der Waals surface area (Å²) in [6.45, 7) is 4.55. The molecule has 0 bridgehead atoms. The lowest BCUT2D eigenvalue weighted by Gasteiger charge is -2.28. The van der Waals surface area contributed by atoms with Crippen LogP contribution >= 0.6 is 0 Å². The molecule has 0 aromatic carbocycles. The molecule has 0 radical (unpaired) electrons. The van der Waals surface area contributed by atoms with E-state index < -0.39 is 23.3 Å². The Labute approximate surface area is 117 Å². The maximum atomic E-state index is 13.0. The number of rotatable bonds is 8. The Balaban J connectivity index is 4.97. The van der Waals surface area contributed by atoms with Crippen LogP contribution in [0.15, 0.2) is 11.6 Å². The van der Waals surface area contributed by atoms with Crippen molar-refractivity contribution in [2.75, 3.05) is 6.61 Å². The van der Waals surface area contributed by atoms with E-state index in [1.807, 2.05) is 6.92 Å². The molecule has 20 heavy (non-hydrogen) atoms. The number of ether oxygens (including phenoxy) is 1. The number of esters is 1. The fourth-order valence-corrected chi connectivity index (χ4v) is 1.88. The highest BCUT2D eigenvalue weighted by Crippen LogP contribution is 2.36. The summed E-state index contributed by atoms with van der Waals surface area (Å²) < 4.78 is 43.3. The maximum absolute atomic E-state index is 13.0. The summed E-state index contributed by atoms with van der Waals surface area (Å²) in [4.78, 5) is 11.2. The molecule has 0 rings (SSSR count). The summed E-state index contributed by atoms with van der Waals surface area (Å²) in [5.74, 6) is -1.09. The van der Waals surface area contributed by atoms with Gasteiger partial charge in [0.25, 0.3) is 0 Å². The number of hydrogen-bond donors (Lipinski definition) is 1. The molecule has 0 aromatic heterocycles. The molecule has 0 saturated heterocycles. The van der Waals surface area contributed by atoms with Gasteiger partial charge in [0.2, 0.25) is 0 Å². The van der Waals surface area contributed by atoms with E-state index in [0.29, 0.717) is 12.5 Å². The van der Waals surface area contributed by atoms with Crippen molar-refractivity contribution >= 4 is 5.97 Å². The molecule has 0 aliphatic carbocycles. The first-order chi connectivity index (χ1) is 9.15. The van der Waals surface area contributed by atoms with E-state index in [9.17, 15) is 23.1 Å². The Kier molecular flexibility index (Phi) is 7.86. The summed E-state index contributed by atoms with van der Waals surface area (Å²) in [6.07, 6.45) is -1.39. The van der Waals surface area contributed by atoms with Gasteiger partial charge in [0.1, 0.15) is 0 Å². The fourth-order valence-electron chi connectivity index (χ4n) is 1.88. The van der Waals surface area contributed by atoms with Crippen LogP contribution in [0.1, 0.15) is 52.9 Å². The molecule has 6 heteroatoms. The van der Waals surface area contributed by atoms with Crippen LogP contribution in [-0.4, -0.2) is 29.5 Å². The zero-order chi connectivity index (χ0) is 15.8. The second kappa shape index (κ2) is 8.29. The fraction of sp³-hybridized carbons (Fsp3) is 0.786. The van der Waals surface area contributed by atoms with Crippen molar-refractivity contribution in [3.8, 4) is 0 Å². The topological polar surface area (TPSA) is 46.5 Å². The second-order valence-corrected chi connectivity index (χ2v) is 4.89. The molecule has 1 N–H and O–H groups in total. The number of hydrogen-bond acceptors (Lipinski definition) is 3. The van der Waals surface area contributed by atoms with E-state index in [2.05, 4.69) is 4.74 Å². The molecule has 0 aliphatic heterocycles. The van der Waals surface area contributed by atoms with Gasteiger partial charge >= 0.3 is 12.1 Å². The molecule has 0 fully saturated rings. The Morgan fingerprint density at radius 1 is 1.20 bits per heavy atom. The standard InChI is InChI=1S/C14H23F3O3/c1-4-6-7-8-9-13(3,19)11(14(15,16)17)10-12(18)20-5-2/h10,19H,4-9H2,1-3H3/b11-10+. The summed E-state index contributed by atoms with van der Waals surface area (Å²) in [6, 6.07) is 0. The molecule has 0 aromatic rings. The Hall–Kier alpha value is -1.04. The zero-order valence-corrected chi connectivity index (χ0v) is 12.2. The summed E-state index contributed by atoms with van der Waals surface area (Å²) >= 11 is 0. The molecule has 1 atom stereocenters. The van der Waals surface area contributed by atoms with E-state index in [-0.39, 0.29) is 13.0 Å². The van der Waals surface area contributed by atoms with Crippen LogP contribution < -0.4 is 0 Å². The maximum Gasteiger partial charge on any atom is 0.415 e. The van der Waals surface area contributed by atoms with E-state index in [4.69, 9.17) is 0 Å². The van der Waals surface area contributed by atoms with Gasteiger partial charge in [-0.15, -0.1) is 0 Å². The average molecular weight is 296 g/mol. The summed E-state index contributed by atoms with van der Waals surface area (Å²) in [5, 5.41) is 10.0. The van der Waals surface area contributed by atoms with Crippen LogP contribution in [0, 0.1) is 0 Å². The molecular formula is C14H23F3O3. The molecule has 0 saturated carbocycles.